The Morgan fingerprint density at radius 1 is 1.33 bits per heavy atom. The summed E-state index contributed by atoms with van der Waals surface area (Å²) in [5, 5.41) is 16.0. The molecule has 2 aromatic heterocycles. The molecule has 2 N–H and O–H groups in total. The predicted molar refractivity (Wildman–Crippen MR) is 76.2 cm³/mol. The third kappa shape index (κ3) is 2.51. The van der Waals surface area contributed by atoms with Gasteiger partial charge < -0.3 is 5.11 Å². The van der Waals surface area contributed by atoms with E-state index in [1.54, 1.807) is 30.6 Å². The number of nitrogens with zero attached hydrogens (tertiary/aromatic N) is 2. The quantitative estimate of drug-likeness (QED) is 0.774. The van der Waals surface area contributed by atoms with Crippen molar-refractivity contribution in [3.63, 3.8) is 0 Å². The Morgan fingerprint density at radius 2 is 2.19 bits per heavy atom. The lowest BCUT2D eigenvalue weighted by Gasteiger charge is -1.97. The third-order valence-corrected chi connectivity index (χ3v) is 3.02. The highest BCUT2D eigenvalue weighted by atomic mass is 19.1. The van der Waals surface area contributed by atoms with Crippen LogP contribution in [0.1, 0.15) is 21.6 Å². The molecule has 3 aromatic rings. The first-order valence-electron chi connectivity index (χ1n) is 6.14. The number of benzene rings is 1. The van der Waals surface area contributed by atoms with Gasteiger partial charge in [-0.1, -0.05) is 12.1 Å². The van der Waals surface area contributed by atoms with E-state index in [1.165, 1.54) is 6.07 Å². The van der Waals surface area contributed by atoms with Crippen LogP contribution in [-0.2, 0) is 0 Å². The largest absolute Gasteiger partial charge is 0.478 e. The molecule has 5 nitrogen and oxygen atoms in total. The van der Waals surface area contributed by atoms with Crippen molar-refractivity contribution in [1.29, 1.82) is 0 Å². The molecule has 2 heterocycles. The number of rotatable bonds is 3. The van der Waals surface area contributed by atoms with E-state index in [1.807, 2.05) is 6.07 Å². The smallest absolute Gasteiger partial charge is 0.335 e. The molecule has 104 valence electrons. The number of halogens is 1. The molecule has 6 heteroatoms. The molecule has 1 aromatic carbocycles. The maximum atomic E-state index is 13.8. The monoisotopic (exact) mass is 283 g/mol. The van der Waals surface area contributed by atoms with Gasteiger partial charge in [0, 0.05) is 17.8 Å². The van der Waals surface area contributed by atoms with Gasteiger partial charge in [0.1, 0.15) is 11.3 Å². The summed E-state index contributed by atoms with van der Waals surface area (Å²) in [5.41, 5.74) is 1.41. The van der Waals surface area contributed by atoms with Crippen LogP contribution in [0, 0.1) is 5.82 Å². The first-order valence-corrected chi connectivity index (χ1v) is 6.14. The van der Waals surface area contributed by atoms with Crippen LogP contribution in [0.2, 0.25) is 0 Å². The SMILES string of the molecule is O=C(O)c1cc(F)c2[nH]nc(/C=C/c3cccnc3)c2c1. The maximum absolute atomic E-state index is 13.8. The fourth-order valence-corrected chi connectivity index (χ4v) is 2.00. The van der Waals surface area contributed by atoms with E-state index in [0.29, 0.717) is 11.1 Å². The molecular weight excluding hydrogens is 273 g/mol. The normalized spacial score (nSPS) is 11.3. The number of carboxylic acids is 1. The van der Waals surface area contributed by atoms with Crippen molar-refractivity contribution in [1.82, 2.24) is 15.2 Å². The number of hydrogen-bond donors (Lipinski definition) is 2. The second-order valence-electron chi connectivity index (χ2n) is 4.41. The summed E-state index contributed by atoms with van der Waals surface area (Å²) in [6, 6.07) is 6.02. The predicted octanol–water partition coefficient (Wildman–Crippen LogP) is 2.97. The third-order valence-electron chi connectivity index (χ3n) is 3.02. The Bertz CT molecular complexity index is 841. The van der Waals surface area contributed by atoms with Gasteiger partial charge in [0.05, 0.1) is 11.3 Å². The number of H-pyrrole nitrogens is 1. The molecule has 0 spiro atoms. The summed E-state index contributed by atoms with van der Waals surface area (Å²) in [6.07, 6.45) is 6.79. The second-order valence-corrected chi connectivity index (χ2v) is 4.41. The van der Waals surface area contributed by atoms with Gasteiger partial charge in [0.2, 0.25) is 0 Å². The van der Waals surface area contributed by atoms with E-state index >= 15 is 0 Å². The second kappa shape index (κ2) is 5.16. The van der Waals surface area contributed by atoms with E-state index in [2.05, 4.69) is 15.2 Å². The average molecular weight is 283 g/mol. The van der Waals surface area contributed by atoms with Crippen LogP contribution >= 0.6 is 0 Å². The number of aromatic nitrogens is 3. The van der Waals surface area contributed by atoms with E-state index in [-0.39, 0.29) is 11.1 Å². The number of hydrogen-bond acceptors (Lipinski definition) is 3. The van der Waals surface area contributed by atoms with Crippen LogP contribution in [0.4, 0.5) is 4.39 Å². The van der Waals surface area contributed by atoms with Crippen LogP contribution in [0.5, 0.6) is 0 Å². The van der Waals surface area contributed by atoms with Crippen LogP contribution in [0.25, 0.3) is 23.1 Å². The summed E-state index contributed by atoms with van der Waals surface area (Å²) < 4.78 is 13.8. The van der Waals surface area contributed by atoms with Crippen molar-refractivity contribution in [2.45, 2.75) is 0 Å². The van der Waals surface area contributed by atoms with Crippen LogP contribution in [0.15, 0.2) is 36.7 Å². The number of fused-ring (bicyclic) bond motifs is 1. The van der Waals surface area contributed by atoms with Gasteiger partial charge in [-0.2, -0.15) is 5.10 Å². The summed E-state index contributed by atoms with van der Waals surface area (Å²) in [5.74, 6) is -1.82. The van der Waals surface area contributed by atoms with Crippen molar-refractivity contribution in [2.75, 3.05) is 0 Å². The van der Waals surface area contributed by atoms with E-state index in [0.717, 1.165) is 11.6 Å². The average Bonchev–Trinajstić information content (AvgIpc) is 2.90. The Hall–Kier alpha value is -3.02. The standard InChI is InChI=1S/C15H10FN3O2/c16-12-7-10(15(20)21)6-11-13(18-19-14(11)12)4-3-9-2-1-5-17-8-9/h1-8H,(H,18,19)(H,20,21)/b4-3+. The molecule has 0 saturated carbocycles. The summed E-state index contributed by atoms with van der Waals surface area (Å²) in [6.45, 7) is 0. The number of pyridine rings is 1. The van der Waals surface area contributed by atoms with Crippen molar-refractivity contribution in [3.8, 4) is 0 Å². The minimum atomic E-state index is -1.18. The molecule has 0 aliphatic rings. The molecule has 0 bridgehead atoms. The number of carbonyl (C=O) groups is 1. The Kier molecular flexibility index (Phi) is 3.19. The highest BCUT2D eigenvalue weighted by Gasteiger charge is 2.13. The summed E-state index contributed by atoms with van der Waals surface area (Å²) in [7, 11) is 0. The van der Waals surface area contributed by atoms with Crippen molar-refractivity contribution in [2.24, 2.45) is 0 Å². The van der Waals surface area contributed by atoms with Crippen LogP contribution in [-0.4, -0.2) is 26.3 Å². The lowest BCUT2D eigenvalue weighted by atomic mass is 10.1. The van der Waals surface area contributed by atoms with Gasteiger partial charge >= 0.3 is 5.97 Å². The Morgan fingerprint density at radius 3 is 2.90 bits per heavy atom. The molecule has 0 atom stereocenters. The first kappa shape index (κ1) is 13.0. The minimum Gasteiger partial charge on any atom is -0.478 e. The number of aromatic amines is 1. The van der Waals surface area contributed by atoms with Gasteiger partial charge in [-0.25, -0.2) is 9.18 Å². The number of aromatic carboxylic acids is 1. The van der Waals surface area contributed by atoms with Crippen LogP contribution < -0.4 is 0 Å². The molecule has 0 amide bonds. The topological polar surface area (TPSA) is 78.9 Å². The summed E-state index contributed by atoms with van der Waals surface area (Å²) in [4.78, 5) is 15.0. The fourth-order valence-electron chi connectivity index (χ4n) is 2.00. The van der Waals surface area contributed by atoms with E-state index in [4.69, 9.17) is 5.11 Å². The molecule has 3 rings (SSSR count). The van der Waals surface area contributed by atoms with E-state index in [9.17, 15) is 9.18 Å². The lowest BCUT2D eigenvalue weighted by Crippen LogP contribution is -1.97. The van der Waals surface area contributed by atoms with Crippen molar-refractivity contribution >= 4 is 29.0 Å². The number of carboxylic acid groups (broad SMARTS) is 1. The van der Waals surface area contributed by atoms with Crippen LogP contribution in [0.3, 0.4) is 0 Å². The molecule has 0 radical (unpaired) electrons. The lowest BCUT2D eigenvalue weighted by molar-refractivity contribution is 0.0696. The fraction of sp³-hybridized carbons (Fsp3) is 0. The highest BCUT2D eigenvalue weighted by Crippen LogP contribution is 2.22. The summed E-state index contributed by atoms with van der Waals surface area (Å²) >= 11 is 0. The maximum Gasteiger partial charge on any atom is 0.335 e. The highest BCUT2D eigenvalue weighted by molar-refractivity contribution is 5.97. The van der Waals surface area contributed by atoms with Crippen molar-refractivity contribution in [3.05, 3.63) is 59.3 Å². The minimum absolute atomic E-state index is 0.113. The van der Waals surface area contributed by atoms with Gasteiger partial charge in [-0.3, -0.25) is 10.1 Å². The van der Waals surface area contributed by atoms with Gasteiger partial charge in [0.25, 0.3) is 0 Å². The molecule has 0 fully saturated rings. The zero-order valence-electron chi connectivity index (χ0n) is 10.7. The Labute approximate surface area is 118 Å². The number of nitrogens with one attached hydrogen (secondary N) is 1. The molecular formula is C15H10FN3O2. The molecule has 0 saturated heterocycles. The molecule has 0 aliphatic carbocycles. The first-order chi connectivity index (χ1) is 10.1. The molecule has 0 unspecified atom stereocenters. The van der Waals surface area contributed by atoms with Gasteiger partial charge in [0.15, 0.2) is 0 Å². The van der Waals surface area contributed by atoms with Gasteiger partial charge in [-0.05, 0) is 29.8 Å². The zero-order valence-corrected chi connectivity index (χ0v) is 10.7. The molecule has 0 aliphatic heterocycles. The zero-order chi connectivity index (χ0) is 14.8. The van der Waals surface area contributed by atoms with E-state index < -0.39 is 11.8 Å². The van der Waals surface area contributed by atoms with Crippen molar-refractivity contribution < 1.29 is 14.3 Å². The molecule has 21 heavy (non-hydrogen) atoms. The van der Waals surface area contributed by atoms with Gasteiger partial charge in [-0.15, -0.1) is 0 Å². The Balaban J connectivity index is 2.07.